The van der Waals surface area contributed by atoms with Crippen LogP contribution in [0.25, 0.3) is 0 Å². The fourth-order valence-corrected chi connectivity index (χ4v) is 4.52. The summed E-state index contributed by atoms with van der Waals surface area (Å²) in [6.45, 7) is 6.99. The van der Waals surface area contributed by atoms with Crippen molar-refractivity contribution in [3.63, 3.8) is 0 Å². The van der Waals surface area contributed by atoms with Crippen LogP contribution < -0.4 is 10.1 Å². The first-order valence-corrected chi connectivity index (χ1v) is 13.9. The molecule has 44 heavy (non-hydrogen) atoms. The summed E-state index contributed by atoms with van der Waals surface area (Å²) in [5.41, 5.74) is 3.68. The normalized spacial score (nSPS) is 13.0. The number of alkyl halides is 7. The molecule has 0 aliphatic heterocycles. The summed E-state index contributed by atoms with van der Waals surface area (Å²) in [6, 6.07) is 9.52. The maximum absolute atomic E-state index is 13.7. The topological polar surface area (TPSA) is 88.1 Å². The van der Waals surface area contributed by atoms with E-state index >= 15 is 0 Å². The highest BCUT2D eigenvalue weighted by atomic mass is 19.4. The summed E-state index contributed by atoms with van der Waals surface area (Å²) >= 11 is 0. The average molecular weight is 639 g/mol. The third-order valence-electron chi connectivity index (χ3n) is 6.80. The molecule has 0 spiro atoms. The Labute approximate surface area is 251 Å². The van der Waals surface area contributed by atoms with Crippen LogP contribution in [0.3, 0.4) is 0 Å². The van der Waals surface area contributed by atoms with Gasteiger partial charge in [-0.15, -0.1) is 0 Å². The van der Waals surface area contributed by atoms with Crippen LogP contribution in [-0.4, -0.2) is 72.4 Å². The number of aryl methyl sites for hydroxylation is 3. The van der Waals surface area contributed by atoms with Crippen LogP contribution in [-0.2, 0) is 16.0 Å². The molecule has 2 amide bonds. The summed E-state index contributed by atoms with van der Waals surface area (Å²) in [7, 11) is 0. The van der Waals surface area contributed by atoms with Gasteiger partial charge in [-0.05, 0) is 69.4 Å². The van der Waals surface area contributed by atoms with Gasteiger partial charge >= 0.3 is 30.0 Å². The predicted octanol–water partition coefficient (Wildman–Crippen LogP) is 7.56. The maximum Gasteiger partial charge on any atom is 0.459 e. The van der Waals surface area contributed by atoms with Gasteiger partial charge in [0.15, 0.2) is 6.10 Å². The quantitative estimate of drug-likeness (QED) is 0.146. The molecule has 14 heteroatoms. The second-order valence-corrected chi connectivity index (χ2v) is 10.4. The molecule has 2 N–H and O–H groups in total. The van der Waals surface area contributed by atoms with E-state index in [0.717, 1.165) is 16.7 Å². The highest BCUT2D eigenvalue weighted by molar-refractivity contribution is 5.91. The van der Waals surface area contributed by atoms with Crippen molar-refractivity contribution in [1.29, 1.82) is 0 Å². The van der Waals surface area contributed by atoms with Gasteiger partial charge in [0, 0.05) is 31.7 Å². The summed E-state index contributed by atoms with van der Waals surface area (Å²) in [5, 5.41) is 12.0. The number of unbranched alkanes of at least 4 members (excludes halogenated alkanes) is 1. The highest BCUT2D eigenvalue weighted by Gasteiger charge is 2.72. The van der Waals surface area contributed by atoms with Crippen LogP contribution in [0.4, 0.5) is 41.2 Å². The summed E-state index contributed by atoms with van der Waals surface area (Å²) < 4.78 is 102. The van der Waals surface area contributed by atoms with Gasteiger partial charge in [-0.1, -0.05) is 29.8 Å². The summed E-state index contributed by atoms with van der Waals surface area (Å²) in [4.78, 5) is 25.7. The molecule has 0 heterocycles. The largest absolute Gasteiger partial charge is 0.492 e. The molecule has 0 bridgehead atoms. The fourth-order valence-electron chi connectivity index (χ4n) is 4.52. The minimum atomic E-state index is -6.40. The van der Waals surface area contributed by atoms with Crippen LogP contribution in [0.5, 0.6) is 5.75 Å². The Balaban J connectivity index is 2.07. The van der Waals surface area contributed by atoms with Crippen molar-refractivity contribution in [2.24, 2.45) is 0 Å². The zero-order valence-corrected chi connectivity index (χ0v) is 24.9. The molecule has 1 atom stereocenters. The Morgan fingerprint density at radius 1 is 0.932 bits per heavy atom. The van der Waals surface area contributed by atoms with E-state index in [0.29, 0.717) is 17.0 Å². The first-order chi connectivity index (χ1) is 20.4. The number of rotatable bonds is 16. The van der Waals surface area contributed by atoms with Gasteiger partial charge in [0.25, 0.3) is 0 Å². The minimum absolute atomic E-state index is 0.0714. The molecule has 2 aromatic rings. The zero-order valence-electron chi connectivity index (χ0n) is 24.9. The number of halogens is 7. The number of carboxylic acids is 1. The first-order valence-electron chi connectivity index (χ1n) is 13.9. The highest BCUT2D eigenvalue weighted by Crippen LogP contribution is 2.48. The fraction of sp³-hybridized carbons (Fsp3) is 0.533. The van der Waals surface area contributed by atoms with Gasteiger partial charge in [0.05, 0.1) is 6.54 Å². The van der Waals surface area contributed by atoms with E-state index in [9.17, 15) is 45.4 Å². The van der Waals surface area contributed by atoms with Gasteiger partial charge in [-0.3, -0.25) is 0 Å². The summed E-state index contributed by atoms with van der Waals surface area (Å²) in [6.07, 6.45) is -9.99. The van der Waals surface area contributed by atoms with Crippen molar-refractivity contribution in [2.45, 2.75) is 77.5 Å². The van der Waals surface area contributed by atoms with Crippen molar-refractivity contribution < 1.29 is 54.9 Å². The van der Waals surface area contributed by atoms with Crippen molar-refractivity contribution in [3.05, 3.63) is 58.7 Å². The summed E-state index contributed by atoms with van der Waals surface area (Å²) in [5.74, 6) is -12.2. The Morgan fingerprint density at radius 2 is 1.52 bits per heavy atom. The molecule has 0 fully saturated rings. The van der Waals surface area contributed by atoms with Crippen molar-refractivity contribution in [1.82, 2.24) is 4.90 Å². The van der Waals surface area contributed by atoms with E-state index in [1.807, 2.05) is 19.1 Å². The number of benzene rings is 2. The Bertz CT molecular complexity index is 1230. The molecule has 2 rings (SSSR count). The number of hydrogen-bond acceptors (Lipinski definition) is 4. The molecular weight excluding hydrogens is 601 g/mol. The van der Waals surface area contributed by atoms with Crippen LogP contribution >= 0.6 is 0 Å². The zero-order chi connectivity index (χ0) is 33.3. The molecule has 0 aliphatic carbocycles. The number of carbonyl (C=O) groups excluding carboxylic acids is 1. The van der Waals surface area contributed by atoms with Gasteiger partial charge in [-0.25, -0.2) is 9.59 Å². The standard InChI is InChI=1S/C30H37F7N2O5/c1-5-43-24(26(40)41)18-22-8-10-23(11-9-22)44-15-14-39(27(42)38-25-20(3)16-19(2)17-21(25)4)13-7-6-12-28(31,32)29(33,34)30(35,36)37/h8-11,16-17,24H,5-7,12-15,18H2,1-4H3,(H,38,42)(H,40,41). The smallest absolute Gasteiger partial charge is 0.459 e. The number of anilines is 1. The van der Waals surface area contributed by atoms with Gasteiger partial charge < -0.3 is 24.8 Å². The molecule has 246 valence electrons. The SMILES string of the molecule is CCOC(Cc1ccc(OCCN(CCCCC(F)(F)C(F)(F)C(F)(F)F)C(=O)Nc2c(C)cc(C)cc2C)cc1)C(=O)O. The van der Waals surface area contributed by atoms with E-state index < -0.39 is 49.0 Å². The number of urea groups is 1. The third kappa shape index (κ3) is 10.00. The minimum Gasteiger partial charge on any atom is -0.492 e. The van der Waals surface area contributed by atoms with Gasteiger partial charge in [0.2, 0.25) is 0 Å². The molecular formula is C30H37F7N2O5. The van der Waals surface area contributed by atoms with Crippen LogP contribution in [0, 0.1) is 20.8 Å². The van der Waals surface area contributed by atoms with Crippen molar-refractivity contribution >= 4 is 17.7 Å². The molecule has 0 saturated heterocycles. The number of hydrogen-bond donors (Lipinski definition) is 2. The van der Waals surface area contributed by atoms with Crippen LogP contribution in [0.15, 0.2) is 36.4 Å². The third-order valence-corrected chi connectivity index (χ3v) is 6.80. The molecule has 0 aliphatic rings. The number of nitrogens with one attached hydrogen (secondary N) is 1. The lowest BCUT2D eigenvalue weighted by atomic mass is 10.0. The van der Waals surface area contributed by atoms with Crippen molar-refractivity contribution in [2.75, 3.05) is 31.6 Å². The molecule has 2 aromatic carbocycles. The van der Waals surface area contributed by atoms with Gasteiger partial charge in [-0.2, -0.15) is 30.7 Å². The van der Waals surface area contributed by atoms with Crippen molar-refractivity contribution in [3.8, 4) is 5.75 Å². The number of aliphatic carboxylic acids is 1. The lowest BCUT2D eigenvalue weighted by molar-refractivity contribution is -0.355. The second-order valence-electron chi connectivity index (χ2n) is 10.4. The first kappa shape index (κ1) is 36.6. The molecule has 1 unspecified atom stereocenters. The molecule has 0 aromatic heterocycles. The number of amides is 2. The molecule has 0 saturated carbocycles. The molecule has 7 nitrogen and oxygen atoms in total. The lowest BCUT2D eigenvalue weighted by Gasteiger charge is -2.28. The number of carboxylic acid groups (broad SMARTS) is 1. The lowest BCUT2D eigenvalue weighted by Crippen LogP contribution is -2.51. The van der Waals surface area contributed by atoms with E-state index in [4.69, 9.17) is 9.47 Å². The average Bonchev–Trinajstić information content (AvgIpc) is 2.91. The van der Waals surface area contributed by atoms with Crippen LogP contribution in [0.1, 0.15) is 48.4 Å². The van der Waals surface area contributed by atoms with Gasteiger partial charge in [0.1, 0.15) is 12.4 Å². The second kappa shape index (κ2) is 15.4. The predicted molar refractivity (Wildman–Crippen MR) is 150 cm³/mol. The van der Waals surface area contributed by atoms with E-state index in [2.05, 4.69) is 5.32 Å². The Kier molecular flexibility index (Phi) is 12.9. The number of nitrogens with zero attached hydrogens (tertiary/aromatic N) is 1. The maximum atomic E-state index is 13.7. The Hall–Kier alpha value is -3.55. The van der Waals surface area contributed by atoms with E-state index in [1.165, 1.54) is 4.90 Å². The van der Waals surface area contributed by atoms with Crippen LogP contribution in [0.2, 0.25) is 0 Å². The number of carbonyl (C=O) groups is 2. The number of ether oxygens (including phenoxy) is 2. The Morgan fingerprint density at radius 3 is 2.05 bits per heavy atom. The monoisotopic (exact) mass is 638 g/mol. The molecule has 0 radical (unpaired) electrons. The van der Waals surface area contributed by atoms with E-state index in [1.54, 1.807) is 45.0 Å². The van der Waals surface area contributed by atoms with E-state index in [-0.39, 0.29) is 39.1 Å².